The summed E-state index contributed by atoms with van der Waals surface area (Å²) in [5, 5.41) is 0. The van der Waals surface area contributed by atoms with E-state index < -0.39 is 0 Å². The summed E-state index contributed by atoms with van der Waals surface area (Å²) in [7, 11) is 0. The Labute approximate surface area is 176 Å². The molecule has 0 aliphatic rings. The van der Waals surface area contributed by atoms with Crippen molar-refractivity contribution >= 4 is 11.9 Å². The van der Waals surface area contributed by atoms with Crippen LogP contribution in [0.2, 0.25) is 0 Å². The Hall–Kier alpha value is -2.10. The first-order valence-electron chi connectivity index (χ1n) is 11.1. The Balaban J connectivity index is 3.16. The van der Waals surface area contributed by atoms with Crippen molar-refractivity contribution in [1.29, 1.82) is 0 Å². The molecule has 0 saturated heterocycles. The van der Waals surface area contributed by atoms with Crippen LogP contribution in [0.25, 0.3) is 0 Å². The van der Waals surface area contributed by atoms with Crippen LogP contribution in [-0.2, 0) is 22.4 Å². The second-order valence-corrected chi connectivity index (χ2v) is 8.04. The standard InChI is InChI=1S/C25H38O4/c1-6-9-11-14-23(26)28-22-18-20(13-8-3)17-21(16-19(4)5)25(22)29-24(27)15-12-10-7-2/h8,17-19H,3,6-7,9-16H2,1-2,4-5H3. The number of rotatable bonds is 14. The SMILES string of the molecule is C=CCc1cc(CC(C)C)c(OC(=O)CCCCC)c(OC(=O)CCCCC)c1. The highest BCUT2D eigenvalue weighted by atomic mass is 16.6. The third-order valence-corrected chi connectivity index (χ3v) is 4.61. The maximum Gasteiger partial charge on any atom is 0.311 e. The van der Waals surface area contributed by atoms with Gasteiger partial charge in [0, 0.05) is 12.8 Å². The van der Waals surface area contributed by atoms with E-state index in [1.54, 1.807) is 6.07 Å². The smallest absolute Gasteiger partial charge is 0.311 e. The largest absolute Gasteiger partial charge is 0.422 e. The highest BCUT2D eigenvalue weighted by Crippen LogP contribution is 2.36. The van der Waals surface area contributed by atoms with Crippen LogP contribution in [0.15, 0.2) is 24.8 Å². The Morgan fingerprint density at radius 2 is 1.55 bits per heavy atom. The zero-order valence-electron chi connectivity index (χ0n) is 18.7. The van der Waals surface area contributed by atoms with Gasteiger partial charge in [0.2, 0.25) is 0 Å². The summed E-state index contributed by atoms with van der Waals surface area (Å²) in [6, 6.07) is 3.84. The van der Waals surface area contributed by atoms with Crippen molar-refractivity contribution in [3.05, 3.63) is 35.9 Å². The minimum Gasteiger partial charge on any atom is -0.422 e. The summed E-state index contributed by atoms with van der Waals surface area (Å²) in [5.41, 5.74) is 1.90. The highest BCUT2D eigenvalue weighted by Gasteiger charge is 2.20. The van der Waals surface area contributed by atoms with Crippen molar-refractivity contribution < 1.29 is 19.1 Å². The van der Waals surface area contributed by atoms with E-state index in [9.17, 15) is 9.59 Å². The molecule has 0 aliphatic carbocycles. The molecule has 4 heteroatoms. The van der Waals surface area contributed by atoms with Gasteiger partial charge in [-0.3, -0.25) is 9.59 Å². The molecule has 0 aliphatic heterocycles. The molecule has 0 unspecified atom stereocenters. The number of ether oxygens (including phenoxy) is 2. The number of hydrogen-bond donors (Lipinski definition) is 0. The van der Waals surface area contributed by atoms with Crippen LogP contribution in [0.4, 0.5) is 0 Å². The molecule has 0 fully saturated rings. The van der Waals surface area contributed by atoms with Crippen LogP contribution in [0.3, 0.4) is 0 Å². The summed E-state index contributed by atoms with van der Waals surface area (Å²) in [4.78, 5) is 24.8. The van der Waals surface area contributed by atoms with Gasteiger partial charge < -0.3 is 9.47 Å². The van der Waals surface area contributed by atoms with Gasteiger partial charge >= 0.3 is 11.9 Å². The monoisotopic (exact) mass is 402 g/mol. The van der Waals surface area contributed by atoms with E-state index in [1.807, 2.05) is 12.1 Å². The Bertz CT molecular complexity index is 661. The Morgan fingerprint density at radius 3 is 2.07 bits per heavy atom. The number of hydrogen-bond acceptors (Lipinski definition) is 4. The van der Waals surface area contributed by atoms with E-state index in [2.05, 4.69) is 34.3 Å². The highest BCUT2D eigenvalue weighted by molar-refractivity contribution is 5.77. The van der Waals surface area contributed by atoms with Crippen LogP contribution >= 0.6 is 0 Å². The van der Waals surface area contributed by atoms with Crippen LogP contribution in [-0.4, -0.2) is 11.9 Å². The first-order chi connectivity index (χ1) is 13.9. The quantitative estimate of drug-likeness (QED) is 0.152. The molecule has 0 saturated carbocycles. The zero-order valence-corrected chi connectivity index (χ0v) is 18.7. The Kier molecular flexibility index (Phi) is 12.0. The normalized spacial score (nSPS) is 10.8. The minimum atomic E-state index is -0.284. The van der Waals surface area contributed by atoms with Crippen LogP contribution in [0.1, 0.15) is 90.2 Å². The van der Waals surface area contributed by atoms with Gasteiger partial charge in [0.1, 0.15) is 0 Å². The van der Waals surface area contributed by atoms with E-state index in [0.717, 1.165) is 56.1 Å². The number of allylic oxidation sites excluding steroid dienone is 1. The molecule has 0 heterocycles. The molecule has 0 aromatic heterocycles. The van der Waals surface area contributed by atoms with E-state index in [-0.39, 0.29) is 11.9 Å². The molecule has 0 spiro atoms. The van der Waals surface area contributed by atoms with Crippen LogP contribution in [0.5, 0.6) is 11.5 Å². The maximum atomic E-state index is 12.4. The fourth-order valence-corrected chi connectivity index (χ4v) is 3.17. The fourth-order valence-electron chi connectivity index (χ4n) is 3.17. The molecule has 0 bridgehead atoms. The lowest BCUT2D eigenvalue weighted by Crippen LogP contribution is -2.14. The Morgan fingerprint density at radius 1 is 0.966 bits per heavy atom. The molecule has 1 aromatic carbocycles. The van der Waals surface area contributed by atoms with Gasteiger partial charge in [0.05, 0.1) is 0 Å². The van der Waals surface area contributed by atoms with Crippen molar-refractivity contribution in [3.63, 3.8) is 0 Å². The predicted octanol–water partition coefficient (Wildman–Crippen LogP) is 6.59. The summed E-state index contributed by atoms with van der Waals surface area (Å²) in [5.74, 6) is 0.568. The van der Waals surface area contributed by atoms with E-state index >= 15 is 0 Å². The zero-order chi connectivity index (χ0) is 21.6. The number of esters is 2. The van der Waals surface area contributed by atoms with Crippen molar-refractivity contribution in [3.8, 4) is 11.5 Å². The lowest BCUT2D eigenvalue weighted by atomic mass is 9.98. The summed E-state index contributed by atoms with van der Waals surface area (Å²) in [6.45, 7) is 12.2. The lowest BCUT2D eigenvalue weighted by Gasteiger charge is -2.18. The van der Waals surface area contributed by atoms with Gasteiger partial charge in [0.15, 0.2) is 11.5 Å². The molecule has 0 amide bonds. The van der Waals surface area contributed by atoms with Gasteiger partial charge in [-0.1, -0.05) is 65.5 Å². The predicted molar refractivity (Wildman–Crippen MR) is 118 cm³/mol. The van der Waals surface area contributed by atoms with Crippen LogP contribution in [0, 0.1) is 5.92 Å². The first kappa shape index (κ1) is 24.9. The molecule has 4 nitrogen and oxygen atoms in total. The maximum absolute atomic E-state index is 12.4. The molecular weight excluding hydrogens is 364 g/mol. The molecule has 1 aromatic rings. The van der Waals surface area contributed by atoms with Gasteiger partial charge in [-0.2, -0.15) is 0 Å². The first-order valence-corrected chi connectivity index (χ1v) is 11.1. The molecule has 0 atom stereocenters. The molecule has 0 N–H and O–H groups in total. The molecule has 1 rings (SSSR count). The van der Waals surface area contributed by atoms with E-state index in [1.165, 1.54) is 0 Å². The van der Waals surface area contributed by atoms with Gasteiger partial charge in [-0.15, -0.1) is 6.58 Å². The van der Waals surface area contributed by atoms with E-state index in [4.69, 9.17) is 9.47 Å². The molecule has 162 valence electrons. The van der Waals surface area contributed by atoms with Crippen molar-refractivity contribution in [2.24, 2.45) is 5.92 Å². The number of unbranched alkanes of at least 4 members (excludes halogenated alkanes) is 4. The van der Waals surface area contributed by atoms with E-state index in [0.29, 0.717) is 36.7 Å². The lowest BCUT2D eigenvalue weighted by molar-refractivity contribution is -0.137. The second-order valence-electron chi connectivity index (χ2n) is 8.04. The van der Waals surface area contributed by atoms with Crippen molar-refractivity contribution in [2.45, 2.75) is 91.9 Å². The summed E-state index contributed by atoms with van der Waals surface area (Å²) in [6.07, 6.45) is 9.62. The molecule has 0 radical (unpaired) electrons. The molecular formula is C25H38O4. The third kappa shape index (κ3) is 9.78. The summed E-state index contributed by atoms with van der Waals surface area (Å²) >= 11 is 0. The number of carbonyl (C=O) groups is 2. The van der Waals surface area contributed by atoms with Gasteiger partial charge in [-0.25, -0.2) is 0 Å². The number of carbonyl (C=O) groups excluding carboxylic acids is 2. The minimum absolute atomic E-state index is 0.275. The molecule has 29 heavy (non-hydrogen) atoms. The van der Waals surface area contributed by atoms with Gasteiger partial charge in [-0.05, 0) is 48.8 Å². The second kappa shape index (κ2) is 14.0. The fraction of sp³-hybridized carbons (Fsp3) is 0.600. The topological polar surface area (TPSA) is 52.6 Å². The summed E-state index contributed by atoms with van der Waals surface area (Å²) < 4.78 is 11.4. The average Bonchev–Trinajstić information content (AvgIpc) is 2.64. The van der Waals surface area contributed by atoms with Crippen LogP contribution < -0.4 is 9.47 Å². The third-order valence-electron chi connectivity index (χ3n) is 4.61. The average molecular weight is 403 g/mol. The number of benzene rings is 1. The van der Waals surface area contributed by atoms with Gasteiger partial charge in [0.25, 0.3) is 0 Å². The van der Waals surface area contributed by atoms with Crippen molar-refractivity contribution in [1.82, 2.24) is 0 Å². The van der Waals surface area contributed by atoms with Crippen molar-refractivity contribution in [2.75, 3.05) is 0 Å².